The Morgan fingerprint density at radius 2 is 1.74 bits per heavy atom. The lowest BCUT2D eigenvalue weighted by Crippen LogP contribution is -2.33. The van der Waals surface area contributed by atoms with Crippen LogP contribution in [0.5, 0.6) is 0 Å². The van der Waals surface area contributed by atoms with E-state index in [2.05, 4.69) is 5.32 Å². The van der Waals surface area contributed by atoms with Crippen LogP contribution in [0.1, 0.15) is 39.2 Å². The maximum atomic E-state index is 12.8. The Kier molecular flexibility index (Phi) is 5.99. The van der Waals surface area contributed by atoms with E-state index >= 15 is 0 Å². The van der Waals surface area contributed by atoms with Crippen molar-refractivity contribution in [1.82, 2.24) is 5.32 Å². The monoisotopic (exact) mass is 374 g/mol. The molecule has 27 heavy (non-hydrogen) atoms. The van der Waals surface area contributed by atoms with Gasteiger partial charge in [0.25, 0.3) is 5.69 Å². The van der Waals surface area contributed by atoms with Crippen molar-refractivity contribution in [3.8, 4) is 0 Å². The fraction of sp³-hybridized carbons (Fsp3) is 0.368. The highest BCUT2D eigenvalue weighted by molar-refractivity contribution is 5.99. The zero-order chi connectivity index (χ0) is 20.3. The quantitative estimate of drug-likeness (QED) is 0.479. The van der Waals surface area contributed by atoms with Crippen molar-refractivity contribution in [1.29, 1.82) is 0 Å². The summed E-state index contributed by atoms with van der Waals surface area (Å²) in [6, 6.07) is 5.85. The second kappa shape index (κ2) is 8.03. The van der Waals surface area contributed by atoms with Crippen LogP contribution >= 0.6 is 0 Å². The number of carbonyl (C=O) groups is 2. The molecule has 0 unspecified atom stereocenters. The van der Waals surface area contributed by atoms with Gasteiger partial charge in [-0.05, 0) is 33.3 Å². The third-order valence-corrected chi connectivity index (χ3v) is 4.14. The maximum Gasteiger partial charge on any atom is 0.337 e. The minimum atomic E-state index is -0.843. The first-order chi connectivity index (χ1) is 12.7. The molecule has 1 aliphatic heterocycles. The summed E-state index contributed by atoms with van der Waals surface area (Å²) in [4.78, 5) is 35.9. The second-order valence-electron chi connectivity index (χ2n) is 6.43. The van der Waals surface area contributed by atoms with Crippen molar-refractivity contribution < 1.29 is 24.0 Å². The largest absolute Gasteiger partial charge is 0.466 e. The topological polar surface area (TPSA) is 108 Å². The molecule has 0 fully saturated rings. The molecular weight excluding hydrogens is 352 g/mol. The third kappa shape index (κ3) is 4.16. The number of allylic oxidation sites excluding steroid dienone is 2. The minimum Gasteiger partial charge on any atom is -0.466 e. The summed E-state index contributed by atoms with van der Waals surface area (Å²) in [5.41, 5.74) is 1.75. The molecule has 144 valence electrons. The Balaban J connectivity index is 2.69. The van der Waals surface area contributed by atoms with Crippen molar-refractivity contribution in [2.24, 2.45) is 0 Å². The van der Waals surface area contributed by atoms with E-state index in [9.17, 15) is 19.7 Å². The van der Waals surface area contributed by atoms with E-state index in [0.29, 0.717) is 17.0 Å². The van der Waals surface area contributed by atoms with Crippen molar-refractivity contribution in [3.05, 3.63) is 62.5 Å². The van der Waals surface area contributed by atoms with E-state index in [4.69, 9.17) is 9.47 Å². The van der Waals surface area contributed by atoms with Crippen LogP contribution in [-0.2, 0) is 19.1 Å². The van der Waals surface area contributed by atoms with Gasteiger partial charge in [-0.2, -0.15) is 0 Å². The smallest absolute Gasteiger partial charge is 0.337 e. The number of hydrogen-bond donors (Lipinski definition) is 1. The number of rotatable bonds is 5. The standard InChI is InChI=1S/C19H22N2O6/c1-10(2)27-19(23)16-12(4)20-11(3)15(18(22)26-5)17(16)13-7-6-8-14(9-13)21(24)25/h6-10,17,20H,1-5H3/t17-/m1/s1. The molecule has 1 heterocycles. The van der Waals surface area contributed by atoms with E-state index in [0.717, 1.165) is 0 Å². The lowest BCUT2D eigenvalue weighted by atomic mass is 9.80. The van der Waals surface area contributed by atoms with Crippen LogP contribution in [0.25, 0.3) is 0 Å². The van der Waals surface area contributed by atoms with Gasteiger partial charge in [0.15, 0.2) is 0 Å². The van der Waals surface area contributed by atoms with Crippen LogP contribution in [0.4, 0.5) is 5.69 Å². The van der Waals surface area contributed by atoms with Crippen molar-refractivity contribution in [2.45, 2.75) is 39.7 Å². The number of nitro benzene ring substituents is 1. The predicted molar refractivity (Wildman–Crippen MR) is 97.6 cm³/mol. The first kappa shape index (κ1) is 20.2. The molecule has 0 aliphatic carbocycles. The molecule has 1 N–H and O–H groups in total. The predicted octanol–water partition coefficient (Wildman–Crippen LogP) is 2.95. The number of benzene rings is 1. The Bertz CT molecular complexity index is 854. The molecule has 1 aliphatic rings. The van der Waals surface area contributed by atoms with Gasteiger partial charge in [0, 0.05) is 23.5 Å². The Morgan fingerprint density at radius 1 is 1.15 bits per heavy atom. The van der Waals surface area contributed by atoms with Crippen molar-refractivity contribution in [2.75, 3.05) is 7.11 Å². The lowest BCUT2D eigenvalue weighted by Gasteiger charge is -2.30. The van der Waals surface area contributed by atoms with Gasteiger partial charge in [0.1, 0.15) is 0 Å². The molecule has 1 aromatic carbocycles. The maximum absolute atomic E-state index is 12.8. The SMILES string of the molecule is COC(=O)C1=C(C)NC(C)=C(C(=O)OC(C)C)[C@@H]1c1cccc([N+](=O)[O-])c1. The zero-order valence-corrected chi connectivity index (χ0v) is 15.9. The van der Waals surface area contributed by atoms with Crippen molar-refractivity contribution in [3.63, 3.8) is 0 Å². The Hall–Kier alpha value is -3.16. The van der Waals surface area contributed by atoms with Crippen LogP contribution in [0.3, 0.4) is 0 Å². The number of carbonyl (C=O) groups excluding carboxylic acids is 2. The van der Waals surface area contributed by atoms with Gasteiger partial charge in [-0.25, -0.2) is 9.59 Å². The van der Waals surface area contributed by atoms with Gasteiger partial charge in [0.05, 0.1) is 35.2 Å². The number of ether oxygens (including phenoxy) is 2. The molecule has 2 rings (SSSR count). The summed E-state index contributed by atoms with van der Waals surface area (Å²) in [6.07, 6.45) is -0.364. The molecule has 1 atom stereocenters. The molecule has 0 bridgehead atoms. The summed E-state index contributed by atoms with van der Waals surface area (Å²) in [6.45, 7) is 6.81. The van der Waals surface area contributed by atoms with E-state index in [-0.39, 0.29) is 22.9 Å². The second-order valence-corrected chi connectivity index (χ2v) is 6.43. The number of nitrogens with one attached hydrogen (secondary N) is 1. The molecule has 0 amide bonds. The van der Waals surface area contributed by atoms with Gasteiger partial charge in [-0.3, -0.25) is 10.1 Å². The number of nitro groups is 1. The Morgan fingerprint density at radius 3 is 2.26 bits per heavy atom. The normalized spacial score (nSPS) is 16.9. The van der Waals surface area contributed by atoms with Crippen LogP contribution in [0.15, 0.2) is 46.8 Å². The zero-order valence-electron chi connectivity index (χ0n) is 15.9. The molecule has 0 saturated heterocycles. The van der Waals surface area contributed by atoms with E-state index < -0.39 is 22.8 Å². The van der Waals surface area contributed by atoms with Gasteiger partial charge in [0.2, 0.25) is 0 Å². The average Bonchev–Trinajstić information content (AvgIpc) is 2.59. The molecule has 1 aromatic rings. The number of non-ortho nitro benzene ring substituents is 1. The number of esters is 2. The molecule has 0 aromatic heterocycles. The highest BCUT2D eigenvalue weighted by atomic mass is 16.6. The summed E-state index contributed by atoms with van der Waals surface area (Å²) in [5, 5.41) is 14.2. The molecule has 0 saturated carbocycles. The average molecular weight is 374 g/mol. The van der Waals surface area contributed by atoms with Gasteiger partial charge < -0.3 is 14.8 Å². The van der Waals surface area contributed by atoms with Gasteiger partial charge in [-0.15, -0.1) is 0 Å². The number of dihydropyridines is 1. The van der Waals surface area contributed by atoms with Gasteiger partial charge in [-0.1, -0.05) is 12.1 Å². The van der Waals surface area contributed by atoms with E-state index in [1.165, 1.54) is 25.3 Å². The summed E-state index contributed by atoms with van der Waals surface area (Å²) in [5.74, 6) is -2.07. The minimum absolute atomic E-state index is 0.137. The molecule has 8 heteroatoms. The fourth-order valence-corrected chi connectivity index (χ4v) is 3.07. The Labute approximate surface area is 157 Å². The van der Waals surface area contributed by atoms with Gasteiger partial charge >= 0.3 is 11.9 Å². The van der Waals surface area contributed by atoms with Crippen LogP contribution < -0.4 is 5.32 Å². The van der Waals surface area contributed by atoms with Crippen molar-refractivity contribution >= 4 is 17.6 Å². The van der Waals surface area contributed by atoms with Crippen LogP contribution in [-0.4, -0.2) is 30.1 Å². The van der Waals surface area contributed by atoms with Crippen LogP contribution in [0.2, 0.25) is 0 Å². The molecule has 0 spiro atoms. The highest BCUT2D eigenvalue weighted by Crippen LogP contribution is 2.40. The first-order valence-electron chi connectivity index (χ1n) is 8.39. The first-order valence-corrected chi connectivity index (χ1v) is 8.39. The van der Waals surface area contributed by atoms with E-state index in [1.54, 1.807) is 33.8 Å². The van der Waals surface area contributed by atoms with E-state index in [1.807, 2.05) is 0 Å². The number of methoxy groups -OCH3 is 1. The third-order valence-electron chi connectivity index (χ3n) is 4.14. The van der Waals surface area contributed by atoms with Crippen LogP contribution in [0, 0.1) is 10.1 Å². The molecule has 0 radical (unpaired) electrons. The molecule has 8 nitrogen and oxygen atoms in total. The number of hydrogen-bond acceptors (Lipinski definition) is 7. The fourth-order valence-electron chi connectivity index (χ4n) is 3.07. The molecular formula is C19H22N2O6. The summed E-state index contributed by atoms with van der Waals surface area (Å²) in [7, 11) is 1.24. The number of nitrogens with zero attached hydrogens (tertiary/aromatic N) is 1. The lowest BCUT2D eigenvalue weighted by molar-refractivity contribution is -0.384. The summed E-state index contributed by atoms with van der Waals surface area (Å²) < 4.78 is 10.2. The highest BCUT2D eigenvalue weighted by Gasteiger charge is 2.38. The summed E-state index contributed by atoms with van der Waals surface area (Å²) >= 11 is 0.